The fourth-order valence-corrected chi connectivity index (χ4v) is 1.40. The molecule has 1 aromatic carbocycles. The van der Waals surface area contributed by atoms with Crippen LogP contribution in [0.3, 0.4) is 0 Å². The number of nitrogens with two attached hydrogens (primary N) is 1. The van der Waals surface area contributed by atoms with Crippen LogP contribution in [0.5, 0.6) is 0 Å². The number of pyridine rings is 1. The molecule has 1 aromatic heterocycles. The van der Waals surface area contributed by atoms with Crippen LogP contribution in [0.1, 0.15) is 0 Å². The van der Waals surface area contributed by atoms with Crippen LogP contribution < -0.4 is 11.1 Å². The summed E-state index contributed by atoms with van der Waals surface area (Å²) in [6.07, 6.45) is 1.55. The van der Waals surface area contributed by atoms with Gasteiger partial charge in [0.15, 0.2) is 5.15 Å². The largest absolute Gasteiger partial charge is 0.395 e. The molecule has 5 heteroatoms. The van der Waals surface area contributed by atoms with Gasteiger partial charge in [-0.15, -0.1) is 0 Å². The van der Waals surface area contributed by atoms with Crippen molar-refractivity contribution in [3.05, 3.63) is 47.5 Å². The molecule has 3 nitrogen and oxygen atoms in total. The van der Waals surface area contributed by atoms with Crippen LogP contribution >= 0.6 is 11.6 Å². The number of aromatic nitrogens is 1. The maximum absolute atomic E-state index is 12.7. The molecule has 2 aromatic rings. The predicted molar refractivity (Wildman–Crippen MR) is 63.3 cm³/mol. The standard InChI is InChI=1S/C11H9ClFN3/c12-11-10(14)9(5-6-15-11)16-8-3-1-7(13)2-4-8/h1-6H,14H2,(H,15,16). The molecule has 0 saturated heterocycles. The minimum atomic E-state index is -0.286. The summed E-state index contributed by atoms with van der Waals surface area (Å²) in [5, 5.41) is 3.27. The van der Waals surface area contributed by atoms with Crippen molar-refractivity contribution < 1.29 is 4.39 Å². The fourth-order valence-electron chi connectivity index (χ4n) is 1.25. The van der Waals surface area contributed by atoms with E-state index >= 15 is 0 Å². The first-order chi connectivity index (χ1) is 7.66. The highest BCUT2D eigenvalue weighted by atomic mass is 35.5. The Morgan fingerprint density at radius 3 is 2.56 bits per heavy atom. The van der Waals surface area contributed by atoms with Crippen LogP contribution in [-0.2, 0) is 0 Å². The molecule has 0 fully saturated rings. The van der Waals surface area contributed by atoms with E-state index < -0.39 is 0 Å². The summed E-state index contributed by atoms with van der Waals surface area (Å²) in [6.45, 7) is 0. The van der Waals surface area contributed by atoms with Crippen LogP contribution in [0.4, 0.5) is 21.5 Å². The Bertz CT molecular complexity index is 499. The number of anilines is 3. The Kier molecular flexibility index (Phi) is 2.92. The van der Waals surface area contributed by atoms with Gasteiger partial charge in [-0.1, -0.05) is 11.6 Å². The Morgan fingerprint density at radius 2 is 1.88 bits per heavy atom. The lowest BCUT2D eigenvalue weighted by atomic mass is 10.3. The van der Waals surface area contributed by atoms with Crippen molar-refractivity contribution in [1.29, 1.82) is 0 Å². The lowest BCUT2D eigenvalue weighted by molar-refractivity contribution is 0.628. The number of nitrogen functional groups attached to an aromatic ring is 1. The lowest BCUT2D eigenvalue weighted by Crippen LogP contribution is -1.98. The summed E-state index contributed by atoms with van der Waals surface area (Å²) < 4.78 is 12.7. The smallest absolute Gasteiger partial charge is 0.154 e. The van der Waals surface area contributed by atoms with Crippen molar-refractivity contribution in [3.8, 4) is 0 Å². The van der Waals surface area contributed by atoms with E-state index in [9.17, 15) is 4.39 Å². The highest BCUT2D eigenvalue weighted by molar-refractivity contribution is 6.32. The zero-order chi connectivity index (χ0) is 11.5. The molecule has 0 spiro atoms. The molecule has 0 unspecified atom stereocenters. The van der Waals surface area contributed by atoms with Gasteiger partial charge < -0.3 is 11.1 Å². The van der Waals surface area contributed by atoms with Crippen LogP contribution in [0, 0.1) is 5.82 Å². The first kappa shape index (κ1) is 10.7. The van der Waals surface area contributed by atoms with Gasteiger partial charge in [-0.3, -0.25) is 0 Å². The van der Waals surface area contributed by atoms with Gasteiger partial charge in [0.05, 0.1) is 11.4 Å². The van der Waals surface area contributed by atoms with E-state index in [0.29, 0.717) is 11.4 Å². The van der Waals surface area contributed by atoms with E-state index in [1.165, 1.54) is 12.1 Å². The number of hydrogen-bond donors (Lipinski definition) is 2. The maximum atomic E-state index is 12.7. The average Bonchev–Trinajstić information content (AvgIpc) is 2.28. The number of halogens is 2. The lowest BCUT2D eigenvalue weighted by Gasteiger charge is -2.09. The Labute approximate surface area is 97.1 Å². The number of nitrogens with zero attached hydrogens (tertiary/aromatic N) is 1. The zero-order valence-electron chi connectivity index (χ0n) is 8.24. The van der Waals surface area contributed by atoms with Gasteiger partial charge in [0.2, 0.25) is 0 Å². The van der Waals surface area contributed by atoms with Gasteiger partial charge in [0.25, 0.3) is 0 Å². The molecule has 0 bridgehead atoms. The van der Waals surface area contributed by atoms with Gasteiger partial charge in [0, 0.05) is 11.9 Å². The van der Waals surface area contributed by atoms with Crippen molar-refractivity contribution in [3.63, 3.8) is 0 Å². The van der Waals surface area contributed by atoms with Crippen molar-refractivity contribution in [1.82, 2.24) is 4.98 Å². The minimum Gasteiger partial charge on any atom is -0.395 e. The fraction of sp³-hybridized carbons (Fsp3) is 0. The van der Waals surface area contributed by atoms with Gasteiger partial charge in [-0.05, 0) is 30.3 Å². The highest BCUT2D eigenvalue weighted by Gasteiger charge is 2.04. The molecule has 82 valence electrons. The molecule has 0 aliphatic rings. The van der Waals surface area contributed by atoms with E-state index in [2.05, 4.69) is 10.3 Å². The summed E-state index contributed by atoms with van der Waals surface area (Å²) in [5.74, 6) is -0.286. The maximum Gasteiger partial charge on any atom is 0.154 e. The highest BCUT2D eigenvalue weighted by Crippen LogP contribution is 2.27. The summed E-state index contributed by atoms with van der Waals surface area (Å²) in [6, 6.07) is 7.65. The second kappa shape index (κ2) is 4.37. The van der Waals surface area contributed by atoms with Gasteiger partial charge in [-0.2, -0.15) is 0 Å². The van der Waals surface area contributed by atoms with Gasteiger partial charge >= 0.3 is 0 Å². The molecule has 3 N–H and O–H groups in total. The molecule has 2 rings (SSSR count). The van der Waals surface area contributed by atoms with E-state index in [1.54, 1.807) is 24.4 Å². The minimum absolute atomic E-state index is 0.243. The number of benzene rings is 1. The van der Waals surface area contributed by atoms with Crippen LogP contribution in [0.25, 0.3) is 0 Å². The number of hydrogen-bond acceptors (Lipinski definition) is 3. The van der Waals surface area contributed by atoms with Crippen molar-refractivity contribution in [2.75, 3.05) is 11.1 Å². The monoisotopic (exact) mass is 237 g/mol. The third-order valence-corrected chi connectivity index (χ3v) is 2.37. The third kappa shape index (κ3) is 2.23. The number of nitrogens with one attached hydrogen (secondary N) is 1. The molecule has 0 aliphatic carbocycles. The quantitative estimate of drug-likeness (QED) is 0.789. The third-order valence-electron chi connectivity index (χ3n) is 2.06. The molecular weight excluding hydrogens is 229 g/mol. The molecule has 0 aliphatic heterocycles. The summed E-state index contributed by atoms with van der Waals surface area (Å²) >= 11 is 5.77. The van der Waals surface area contributed by atoms with E-state index in [0.717, 1.165) is 5.69 Å². The van der Waals surface area contributed by atoms with E-state index in [1.807, 2.05) is 0 Å². The predicted octanol–water partition coefficient (Wildman–Crippen LogP) is 3.20. The second-order valence-electron chi connectivity index (χ2n) is 3.19. The van der Waals surface area contributed by atoms with E-state index in [-0.39, 0.29) is 11.0 Å². The second-order valence-corrected chi connectivity index (χ2v) is 3.55. The normalized spacial score (nSPS) is 10.1. The zero-order valence-corrected chi connectivity index (χ0v) is 9.00. The SMILES string of the molecule is Nc1c(Nc2ccc(F)cc2)ccnc1Cl. The first-order valence-electron chi connectivity index (χ1n) is 4.59. The van der Waals surface area contributed by atoms with Gasteiger partial charge in [-0.25, -0.2) is 9.37 Å². The van der Waals surface area contributed by atoms with Crippen molar-refractivity contribution >= 4 is 28.7 Å². The average molecular weight is 238 g/mol. The number of rotatable bonds is 2. The molecule has 0 saturated carbocycles. The molecule has 0 radical (unpaired) electrons. The summed E-state index contributed by atoms with van der Waals surface area (Å²) in [7, 11) is 0. The molecule has 0 atom stereocenters. The topological polar surface area (TPSA) is 50.9 Å². The molecule has 1 heterocycles. The Morgan fingerprint density at radius 1 is 1.19 bits per heavy atom. The summed E-state index contributed by atoms with van der Waals surface area (Å²) in [5.41, 5.74) is 7.48. The van der Waals surface area contributed by atoms with Crippen molar-refractivity contribution in [2.24, 2.45) is 0 Å². The molecule has 0 amide bonds. The molecular formula is C11H9ClFN3. The van der Waals surface area contributed by atoms with Crippen LogP contribution in [0.15, 0.2) is 36.5 Å². The molecule has 16 heavy (non-hydrogen) atoms. The van der Waals surface area contributed by atoms with Crippen LogP contribution in [-0.4, -0.2) is 4.98 Å². The van der Waals surface area contributed by atoms with E-state index in [4.69, 9.17) is 17.3 Å². The van der Waals surface area contributed by atoms with Gasteiger partial charge in [0.1, 0.15) is 5.82 Å². The first-order valence-corrected chi connectivity index (χ1v) is 4.97. The Hall–Kier alpha value is -1.81. The van der Waals surface area contributed by atoms with Crippen LogP contribution in [0.2, 0.25) is 5.15 Å². The van der Waals surface area contributed by atoms with Crippen molar-refractivity contribution in [2.45, 2.75) is 0 Å². The Balaban J connectivity index is 2.27. The summed E-state index contributed by atoms with van der Waals surface area (Å²) in [4.78, 5) is 3.84.